The van der Waals surface area contributed by atoms with Gasteiger partial charge in [0.05, 0.1) is 11.9 Å². The lowest BCUT2D eigenvalue weighted by atomic mass is 10.1. The molecule has 2 aromatic carbocycles. The molecular weight excluding hydrogens is 410 g/mol. The SMILES string of the molecule is Cc1ccc(-n2ncc(C(=O)N3CCN(c4cccc(C)c4)[C@@H](C)C3)c2-n2cccc2)cc1. The molecule has 1 amide bonds. The van der Waals surface area contributed by atoms with E-state index in [9.17, 15) is 4.79 Å². The molecule has 6 nitrogen and oxygen atoms in total. The summed E-state index contributed by atoms with van der Waals surface area (Å²) >= 11 is 0. The summed E-state index contributed by atoms with van der Waals surface area (Å²) in [5.41, 5.74) is 5.20. The summed E-state index contributed by atoms with van der Waals surface area (Å²) in [6.45, 7) is 8.52. The number of hydrogen-bond donors (Lipinski definition) is 0. The van der Waals surface area contributed by atoms with Crippen molar-refractivity contribution in [3.8, 4) is 11.5 Å². The number of anilines is 1. The Morgan fingerprint density at radius 1 is 0.909 bits per heavy atom. The third-order valence-corrected chi connectivity index (χ3v) is 6.35. The number of amides is 1. The highest BCUT2D eigenvalue weighted by atomic mass is 16.2. The highest BCUT2D eigenvalue weighted by molar-refractivity contribution is 5.97. The largest absolute Gasteiger partial charge is 0.365 e. The van der Waals surface area contributed by atoms with Crippen molar-refractivity contribution in [3.05, 3.63) is 95.9 Å². The Morgan fingerprint density at radius 2 is 1.67 bits per heavy atom. The number of piperazine rings is 1. The zero-order chi connectivity index (χ0) is 22.9. The van der Waals surface area contributed by atoms with Crippen molar-refractivity contribution in [1.29, 1.82) is 0 Å². The molecule has 168 valence electrons. The van der Waals surface area contributed by atoms with Crippen LogP contribution < -0.4 is 4.90 Å². The quantitative estimate of drug-likeness (QED) is 0.466. The minimum absolute atomic E-state index is 0.0211. The van der Waals surface area contributed by atoms with E-state index in [-0.39, 0.29) is 11.9 Å². The van der Waals surface area contributed by atoms with E-state index in [1.54, 1.807) is 6.20 Å². The van der Waals surface area contributed by atoms with Gasteiger partial charge >= 0.3 is 0 Å². The molecular formula is C27H29N5O. The van der Waals surface area contributed by atoms with Gasteiger partial charge in [-0.2, -0.15) is 5.10 Å². The highest BCUT2D eigenvalue weighted by Gasteiger charge is 2.30. The van der Waals surface area contributed by atoms with E-state index in [2.05, 4.69) is 67.2 Å². The van der Waals surface area contributed by atoms with Crippen molar-refractivity contribution >= 4 is 11.6 Å². The molecule has 0 unspecified atom stereocenters. The molecule has 3 heterocycles. The maximum Gasteiger partial charge on any atom is 0.259 e. The van der Waals surface area contributed by atoms with Crippen LogP contribution in [-0.2, 0) is 0 Å². The Labute approximate surface area is 194 Å². The predicted molar refractivity (Wildman–Crippen MR) is 132 cm³/mol. The van der Waals surface area contributed by atoms with Crippen LogP contribution in [0.5, 0.6) is 0 Å². The van der Waals surface area contributed by atoms with E-state index in [0.717, 1.165) is 18.1 Å². The predicted octanol–water partition coefficient (Wildman–Crippen LogP) is 4.63. The topological polar surface area (TPSA) is 46.3 Å². The van der Waals surface area contributed by atoms with Crippen molar-refractivity contribution < 1.29 is 4.79 Å². The van der Waals surface area contributed by atoms with Crippen molar-refractivity contribution in [2.75, 3.05) is 24.5 Å². The van der Waals surface area contributed by atoms with Gasteiger partial charge in [0.15, 0.2) is 5.82 Å². The lowest BCUT2D eigenvalue weighted by Gasteiger charge is -2.41. The number of nitrogens with zero attached hydrogens (tertiary/aromatic N) is 5. The number of hydrogen-bond acceptors (Lipinski definition) is 3. The molecule has 0 aliphatic carbocycles. The summed E-state index contributed by atoms with van der Waals surface area (Å²) in [5, 5.41) is 4.62. The first-order valence-electron chi connectivity index (χ1n) is 11.4. The van der Waals surface area contributed by atoms with Gasteiger partial charge in [-0.1, -0.05) is 29.8 Å². The number of carbonyl (C=O) groups excluding carboxylic acids is 1. The molecule has 2 aromatic heterocycles. The Hall–Kier alpha value is -3.80. The standard InChI is InChI=1S/C27H29N5O/c1-20-9-11-23(12-10-20)32-26(29-13-4-5-14-29)25(18-28-32)27(33)30-15-16-31(22(3)19-30)24-8-6-7-21(2)17-24/h4-14,17-18,22H,15-16,19H2,1-3H3/t22-/m0/s1. The normalized spacial score (nSPS) is 16.3. The minimum Gasteiger partial charge on any atom is -0.365 e. The first-order chi connectivity index (χ1) is 16.0. The van der Waals surface area contributed by atoms with E-state index in [1.807, 2.05) is 50.8 Å². The Bertz CT molecular complexity index is 1260. The molecule has 0 radical (unpaired) electrons. The molecule has 1 fully saturated rings. The maximum atomic E-state index is 13.7. The fraction of sp³-hybridized carbons (Fsp3) is 0.259. The lowest BCUT2D eigenvalue weighted by molar-refractivity contribution is 0.0726. The zero-order valence-corrected chi connectivity index (χ0v) is 19.3. The molecule has 0 spiro atoms. The number of benzene rings is 2. The Balaban J connectivity index is 1.44. The van der Waals surface area contributed by atoms with Crippen LogP contribution in [0.4, 0.5) is 5.69 Å². The summed E-state index contributed by atoms with van der Waals surface area (Å²) in [6, 6.07) is 20.9. The van der Waals surface area contributed by atoms with Crippen molar-refractivity contribution in [2.24, 2.45) is 0 Å². The van der Waals surface area contributed by atoms with E-state index < -0.39 is 0 Å². The second-order valence-corrected chi connectivity index (χ2v) is 8.85. The summed E-state index contributed by atoms with van der Waals surface area (Å²) in [7, 11) is 0. The molecule has 33 heavy (non-hydrogen) atoms. The van der Waals surface area contributed by atoms with Gasteiger partial charge in [0.2, 0.25) is 0 Å². The second-order valence-electron chi connectivity index (χ2n) is 8.85. The number of carbonyl (C=O) groups is 1. The minimum atomic E-state index is 0.0211. The zero-order valence-electron chi connectivity index (χ0n) is 19.3. The fourth-order valence-corrected chi connectivity index (χ4v) is 4.59. The Morgan fingerprint density at radius 3 is 2.36 bits per heavy atom. The fourth-order valence-electron chi connectivity index (χ4n) is 4.59. The van der Waals surface area contributed by atoms with Gasteiger partial charge in [0, 0.05) is 43.8 Å². The summed E-state index contributed by atoms with van der Waals surface area (Å²) < 4.78 is 3.81. The van der Waals surface area contributed by atoms with Gasteiger partial charge in [0.25, 0.3) is 5.91 Å². The van der Waals surface area contributed by atoms with Crippen molar-refractivity contribution in [2.45, 2.75) is 26.8 Å². The van der Waals surface area contributed by atoms with Crippen molar-refractivity contribution in [3.63, 3.8) is 0 Å². The maximum absolute atomic E-state index is 13.7. The molecule has 1 atom stereocenters. The second kappa shape index (κ2) is 8.62. The van der Waals surface area contributed by atoms with Crippen LogP contribution in [-0.4, -0.2) is 50.8 Å². The third-order valence-electron chi connectivity index (χ3n) is 6.35. The summed E-state index contributed by atoms with van der Waals surface area (Å²) in [5.74, 6) is 0.787. The first kappa shape index (κ1) is 21.1. The average Bonchev–Trinajstić information content (AvgIpc) is 3.49. The van der Waals surface area contributed by atoms with Gasteiger partial charge in [-0.15, -0.1) is 0 Å². The number of rotatable bonds is 4. The molecule has 0 saturated carbocycles. The van der Waals surface area contributed by atoms with Gasteiger partial charge in [-0.25, -0.2) is 4.68 Å². The van der Waals surface area contributed by atoms with Crippen molar-refractivity contribution in [1.82, 2.24) is 19.2 Å². The molecule has 1 saturated heterocycles. The summed E-state index contributed by atoms with van der Waals surface area (Å²) in [6.07, 6.45) is 5.61. The van der Waals surface area contributed by atoms with Crippen LogP contribution in [0.3, 0.4) is 0 Å². The van der Waals surface area contributed by atoms with Gasteiger partial charge in [-0.05, 0) is 62.7 Å². The smallest absolute Gasteiger partial charge is 0.259 e. The van der Waals surface area contributed by atoms with Crippen LogP contribution >= 0.6 is 0 Å². The average molecular weight is 440 g/mol. The number of aromatic nitrogens is 3. The first-order valence-corrected chi connectivity index (χ1v) is 11.4. The van der Waals surface area contributed by atoms with Crippen LogP contribution in [0.15, 0.2) is 79.3 Å². The number of aryl methyl sites for hydroxylation is 2. The van der Waals surface area contributed by atoms with E-state index in [4.69, 9.17) is 0 Å². The molecule has 4 aromatic rings. The van der Waals surface area contributed by atoms with Crippen LogP contribution in [0.2, 0.25) is 0 Å². The van der Waals surface area contributed by atoms with Crippen LogP contribution in [0, 0.1) is 13.8 Å². The van der Waals surface area contributed by atoms with Gasteiger partial charge in [0.1, 0.15) is 5.56 Å². The van der Waals surface area contributed by atoms with E-state index in [1.165, 1.54) is 16.8 Å². The van der Waals surface area contributed by atoms with E-state index >= 15 is 0 Å². The molecule has 6 heteroatoms. The molecule has 5 rings (SSSR count). The monoisotopic (exact) mass is 439 g/mol. The molecule has 1 aliphatic heterocycles. The molecule has 1 aliphatic rings. The van der Waals surface area contributed by atoms with Crippen LogP contribution in [0.1, 0.15) is 28.4 Å². The molecule has 0 N–H and O–H groups in total. The lowest BCUT2D eigenvalue weighted by Crippen LogP contribution is -2.53. The molecule has 0 bridgehead atoms. The van der Waals surface area contributed by atoms with E-state index in [0.29, 0.717) is 18.7 Å². The summed E-state index contributed by atoms with van der Waals surface area (Å²) in [4.78, 5) is 18.0. The van der Waals surface area contributed by atoms with Gasteiger partial charge < -0.3 is 14.4 Å². The Kier molecular flexibility index (Phi) is 5.50. The van der Waals surface area contributed by atoms with Gasteiger partial charge in [-0.3, -0.25) is 4.79 Å². The highest BCUT2D eigenvalue weighted by Crippen LogP contribution is 2.25. The third kappa shape index (κ3) is 4.04. The van der Waals surface area contributed by atoms with Crippen LogP contribution in [0.25, 0.3) is 11.5 Å².